The normalized spacial score (nSPS) is 18.7. The summed E-state index contributed by atoms with van der Waals surface area (Å²) in [4.78, 5) is 17.7. The Kier molecular flexibility index (Phi) is 12.6. The minimum absolute atomic E-state index is 0. The van der Waals surface area contributed by atoms with Crippen molar-refractivity contribution in [1.29, 1.82) is 0 Å². The number of likely N-dealkylation sites (N-methyl/N-ethyl adjacent to an activating group) is 1. The molecule has 1 aliphatic rings. The number of rotatable bonds is 8. The van der Waals surface area contributed by atoms with Crippen molar-refractivity contribution in [2.24, 2.45) is 4.99 Å². The van der Waals surface area contributed by atoms with Gasteiger partial charge in [0.15, 0.2) is 5.96 Å². The first-order valence-corrected chi connectivity index (χ1v) is 7.96. The fraction of sp³-hybridized carbons (Fsp3) is 0.867. The lowest BCUT2D eigenvalue weighted by Gasteiger charge is -2.23. The lowest BCUT2D eigenvalue weighted by molar-refractivity contribution is -0.140. The van der Waals surface area contributed by atoms with Gasteiger partial charge in [-0.3, -0.25) is 14.7 Å². The number of carbonyl (C=O) groups excluding carboxylic acids is 1. The van der Waals surface area contributed by atoms with Gasteiger partial charge in [0.2, 0.25) is 0 Å². The predicted octanol–water partition coefficient (Wildman–Crippen LogP) is 1.60. The topological polar surface area (TPSA) is 66.0 Å². The highest BCUT2D eigenvalue weighted by molar-refractivity contribution is 14.0. The number of esters is 1. The number of guanidine groups is 1. The van der Waals surface area contributed by atoms with Crippen molar-refractivity contribution in [3.63, 3.8) is 0 Å². The Morgan fingerprint density at radius 1 is 1.36 bits per heavy atom. The molecule has 0 aromatic carbocycles. The summed E-state index contributed by atoms with van der Waals surface area (Å²) in [5.74, 6) is 0.703. The van der Waals surface area contributed by atoms with Crippen LogP contribution in [-0.2, 0) is 9.53 Å². The number of nitrogens with zero attached hydrogens (tertiary/aromatic N) is 2. The minimum atomic E-state index is -0.140. The van der Waals surface area contributed by atoms with Crippen LogP contribution in [0.4, 0.5) is 0 Å². The maximum atomic E-state index is 11.0. The monoisotopic (exact) mass is 426 g/mol. The van der Waals surface area contributed by atoms with Crippen molar-refractivity contribution in [3.8, 4) is 0 Å². The van der Waals surface area contributed by atoms with E-state index >= 15 is 0 Å². The highest BCUT2D eigenvalue weighted by atomic mass is 127. The molecule has 6 nitrogen and oxygen atoms in total. The summed E-state index contributed by atoms with van der Waals surface area (Å²) in [5, 5.41) is 6.68. The molecule has 0 spiro atoms. The molecule has 1 aliphatic heterocycles. The molecule has 1 unspecified atom stereocenters. The zero-order valence-corrected chi connectivity index (χ0v) is 16.4. The summed E-state index contributed by atoms with van der Waals surface area (Å²) < 4.78 is 4.62. The Morgan fingerprint density at radius 2 is 2.14 bits per heavy atom. The Labute approximate surface area is 151 Å². The van der Waals surface area contributed by atoms with E-state index in [0.29, 0.717) is 12.5 Å². The molecule has 1 heterocycles. The highest BCUT2D eigenvalue weighted by Crippen LogP contribution is 2.15. The van der Waals surface area contributed by atoms with Gasteiger partial charge in [-0.1, -0.05) is 6.92 Å². The average molecular weight is 426 g/mol. The second kappa shape index (κ2) is 12.9. The predicted molar refractivity (Wildman–Crippen MR) is 101 cm³/mol. The third-order valence-electron chi connectivity index (χ3n) is 3.96. The van der Waals surface area contributed by atoms with Gasteiger partial charge in [0.1, 0.15) is 0 Å². The number of carbonyl (C=O) groups is 1. The van der Waals surface area contributed by atoms with Gasteiger partial charge in [0.05, 0.1) is 7.11 Å². The van der Waals surface area contributed by atoms with Crippen LogP contribution in [0.2, 0.25) is 0 Å². The van der Waals surface area contributed by atoms with Gasteiger partial charge < -0.3 is 15.4 Å². The number of hydrogen-bond acceptors (Lipinski definition) is 4. The van der Waals surface area contributed by atoms with E-state index in [1.54, 1.807) is 7.05 Å². The Morgan fingerprint density at radius 3 is 2.77 bits per heavy atom. The molecule has 1 fully saturated rings. The highest BCUT2D eigenvalue weighted by Gasteiger charge is 2.22. The van der Waals surface area contributed by atoms with Crippen LogP contribution in [0.3, 0.4) is 0 Å². The van der Waals surface area contributed by atoms with Gasteiger partial charge in [-0.15, -0.1) is 24.0 Å². The molecule has 0 aromatic rings. The van der Waals surface area contributed by atoms with E-state index < -0.39 is 0 Å². The number of halogens is 1. The number of aliphatic imine (C=N–C) groups is 1. The molecule has 22 heavy (non-hydrogen) atoms. The van der Waals surface area contributed by atoms with Crippen LogP contribution in [-0.4, -0.2) is 63.2 Å². The van der Waals surface area contributed by atoms with Crippen molar-refractivity contribution in [3.05, 3.63) is 0 Å². The third-order valence-corrected chi connectivity index (χ3v) is 3.96. The number of hydrogen-bond donors (Lipinski definition) is 2. The van der Waals surface area contributed by atoms with E-state index in [1.165, 1.54) is 26.5 Å². The summed E-state index contributed by atoms with van der Waals surface area (Å²) in [6.07, 6.45) is 4.80. The number of nitrogens with one attached hydrogen (secondary N) is 2. The van der Waals surface area contributed by atoms with Crippen LogP contribution >= 0.6 is 24.0 Å². The van der Waals surface area contributed by atoms with Crippen LogP contribution < -0.4 is 10.6 Å². The first-order valence-electron chi connectivity index (χ1n) is 7.96. The van der Waals surface area contributed by atoms with E-state index in [2.05, 4.69) is 32.2 Å². The van der Waals surface area contributed by atoms with E-state index in [9.17, 15) is 4.79 Å². The number of likely N-dealkylation sites (tertiary alicyclic amines) is 1. The molecular weight excluding hydrogens is 395 g/mol. The summed E-state index contributed by atoms with van der Waals surface area (Å²) >= 11 is 0. The SMILES string of the molecule is CCN1CCCC1CNC(=NC)NCCCCC(=O)OC.I. The van der Waals surface area contributed by atoms with Crippen molar-refractivity contribution in [2.75, 3.05) is 40.3 Å². The largest absolute Gasteiger partial charge is 0.469 e. The molecule has 0 amide bonds. The summed E-state index contributed by atoms with van der Waals surface area (Å²) in [6, 6.07) is 0.618. The molecule has 0 aromatic heterocycles. The fourth-order valence-electron chi connectivity index (χ4n) is 2.68. The summed E-state index contributed by atoms with van der Waals surface area (Å²) in [5.41, 5.74) is 0. The van der Waals surface area contributed by atoms with Gasteiger partial charge in [0, 0.05) is 32.6 Å². The quantitative estimate of drug-likeness (QED) is 0.203. The zero-order valence-electron chi connectivity index (χ0n) is 14.1. The molecule has 0 radical (unpaired) electrons. The van der Waals surface area contributed by atoms with E-state index in [4.69, 9.17) is 0 Å². The maximum absolute atomic E-state index is 11.0. The smallest absolute Gasteiger partial charge is 0.305 e. The van der Waals surface area contributed by atoms with Crippen LogP contribution in [0, 0.1) is 0 Å². The van der Waals surface area contributed by atoms with Crippen LogP contribution in [0.5, 0.6) is 0 Å². The zero-order chi connectivity index (χ0) is 15.5. The van der Waals surface area contributed by atoms with Crippen molar-refractivity contribution < 1.29 is 9.53 Å². The van der Waals surface area contributed by atoms with Gasteiger partial charge in [-0.25, -0.2) is 0 Å². The lowest BCUT2D eigenvalue weighted by atomic mass is 10.2. The number of ether oxygens (including phenoxy) is 1. The Bertz CT molecular complexity index is 340. The van der Waals surface area contributed by atoms with Crippen LogP contribution in [0.15, 0.2) is 4.99 Å². The molecule has 1 saturated heterocycles. The van der Waals surface area contributed by atoms with Crippen LogP contribution in [0.1, 0.15) is 39.0 Å². The molecule has 130 valence electrons. The van der Waals surface area contributed by atoms with Crippen molar-refractivity contribution in [2.45, 2.75) is 45.1 Å². The maximum Gasteiger partial charge on any atom is 0.305 e. The average Bonchev–Trinajstić information content (AvgIpc) is 2.97. The second-order valence-electron chi connectivity index (χ2n) is 5.34. The number of methoxy groups -OCH3 is 1. The Hall–Kier alpha value is -0.570. The fourth-order valence-corrected chi connectivity index (χ4v) is 2.68. The van der Waals surface area contributed by atoms with Crippen molar-refractivity contribution in [1.82, 2.24) is 15.5 Å². The molecular formula is C15H31IN4O2. The van der Waals surface area contributed by atoms with Crippen LogP contribution in [0.25, 0.3) is 0 Å². The van der Waals surface area contributed by atoms with Gasteiger partial charge >= 0.3 is 5.97 Å². The molecule has 0 saturated carbocycles. The summed E-state index contributed by atoms with van der Waals surface area (Å²) in [6.45, 7) is 6.30. The molecule has 7 heteroatoms. The Balaban J connectivity index is 0.00000441. The first kappa shape index (κ1) is 21.4. The molecule has 0 aliphatic carbocycles. The minimum Gasteiger partial charge on any atom is -0.469 e. The third kappa shape index (κ3) is 8.17. The van der Waals surface area contributed by atoms with Gasteiger partial charge in [0.25, 0.3) is 0 Å². The van der Waals surface area contributed by atoms with E-state index in [1.807, 2.05) is 0 Å². The van der Waals surface area contributed by atoms with E-state index in [0.717, 1.165) is 38.4 Å². The standard InChI is InChI=1S/C15H30N4O2.HI/c1-4-19-11-7-8-13(19)12-18-15(16-2)17-10-6-5-9-14(20)21-3;/h13H,4-12H2,1-3H3,(H2,16,17,18);1H. The van der Waals surface area contributed by atoms with Crippen molar-refractivity contribution >= 4 is 35.9 Å². The van der Waals surface area contributed by atoms with Gasteiger partial charge in [-0.2, -0.15) is 0 Å². The second-order valence-corrected chi connectivity index (χ2v) is 5.34. The number of unbranched alkanes of at least 4 members (excludes halogenated alkanes) is 1. The molecule has 1 rings (SSSR count). The molecule has 2 N–H and O–H groups in total. The first-order chi connectivity index (χ1) is 10.2. The summed E-state index contributed by atoms with van der Waals surface area (Å²) in [7, 11) is 3.21. The molecule has 1 atom stereocenters. The van der Waals surface area contributed by atoms with Gasteiger partial charge in [-0.05, 0) is 38.8 Å². The molecule has 0 bridgehead atoms. The lowest BCUT2D eigenvalue weighted by Crippen LogP contribution is -2.45. The van der Waals surface area contributed by atoms with E-state index in [-0.39, 0.29) is 29.9 Å².